The van der Waals surface area contributed by atoms with Gasteiger partial charge < -0.3 is 0 Å². The van der Waals surface area contributed by atoms with Crippen LogP contribution in [-0.4, -0.2) is 0 Å². The van der Waals surface area contributed by atoms with Crippen LogP contribution in [0.3, 0.4) is 0 Å². The molecule has 0 saturated heterocycles. The zero-order valence-corrected chi connectivity index (χ0v) is 10.3. The maximum absolute atomic E-state index is 4.14. The molecule has 1 fully saturated rings. The largest absolute Gasteiger partial charge is 0.0616 e. The topological polar surface area (TPSA) is 0 Å². The third-order valence-electron chi connectivity index (χ3n) is 4.12. The Hall–Kier alpha value is -1.30. The standard InChI is InChI=1S/C17H19/c1-2-15-16-10-6-5-9-14(16)11-12-17(15)13-7-3-4-8-13/h5-6,9-13H,1-4,7-8H2. The summed E-state index contributed by atoms with van der Waals surface area (Å²) in [6, 6.07) is 13.3. The second-order valence-electron chi connectivity index (χ2n) is 5.09. The van der Waals surface area contributed by atoms with E-state index in [1.54, 1.807) is 5.56 Å². The fourth-order valence-electron chi connectivity index (χ4n) is 3.25. The molecule has 1 aliphatic carbocycles. The van der Waals surface area contributed by atoms with Crippen LogP contribution < -0.4 is 0 Å². The van der Waals surface area contributed by atoms with Crippen molar-refractivity contribution in [2.45, 2.75) is 38.0 Å². The summed E-state index contributed by atoms with van der Waals surface area (Å²) in [5, 5.41) is 2.76. The lowest BCUT2D eigenvalue weighted by molar-refractivity contribution is 0.717. The van der Waals surface area contributed by atoms with Gasteiger partial charge >= 0.3 is 0 Å². The van der Waals surface area contributed by atoms with Gasteiger partial charge in [-0.2, -0.15) is 0 Å². The summed E-state index contributed by atoms with van der Waals surface area (Å²) in [4.78, 5) is 0. The highest BCUT2D eigenvalue weighted by Crippen LogP contribution is 2.38. The van der Waals surface area contributed by atoms with Crippen LogP contribution in [0.2, 0.25) is 0 Å². The van der Waals surface area contributed by atoms with Gasteiger partial charge in [0.05, 0.1) is 0 Å². The lowest BCUT2D eigenvalue weighted by Gasteiger charge is -2.16. The number of hydrogen-bond acceptors (Lipinski definition) is 0. The van der Waals surface area contributed by atoms with E-state index in [1.807, 2.05) is 0 Å². The molecule has 1 radical (unpaired) electrons. The molecule has 17 heavy (non-hydrogen) atoms. The first-order chi connectivity index (χ1) is 8.40. The van der Waals surface area contributed by atoms with Crippen LogP contribution in [0.15, 0.2) is 36.4 Å². The third-order valence-corrected chi connectivity index (χ3v) is 4.12. The van der Waals surface area contributed by atoms with E-state index in [4.69, 9.17) is 0 Å². The first kappa shape index (κ1) is 10.8. The van der Waals surface area contributed by atoms with Crippen molar-refractivity contribution >= 4 is 10.8 Å². The number of benzene rings is 2. The summed E-state index contributed by atoms with van der Waals surface area (Å²) < 4.78 is 0. The maximum Gasteiger partial charge on any atom is -0.0149 e. The molecule has 0 nitrogen and oxygen atoms in total. The van der Waals surface area contributed by atoms with Gasteiger partial charge in [-0.15, -0.1) is 0 Å². The van der Waals surface area contributed by atoms with E-state index in [1.165, 1.54) is 42.0 Å². The lowest BCUT2D eigenvalue weighted by atomic mass is 9.88. The molecule has 2 aromatic rings. The highest BCUT2D eigenvalue weighted by molar-refractivity contribution is 5.87. The fraction of sp³-hybridized carbons (Fsp3) is 0.353. The van der Waals surface area contributed by atoms with Gasteiger partial charge in [-0.25, -0.2) is 0 Å². The van der Waals surface area contributed by atoms with Gasteiger partial charge in [0.15, 0.2) is 0 Å². The van der Waals surface area contributed by atoms with Crippen LogP contribution in [-0.2, 0) is 6.42 Å². The molecule has 3 rings (SSSR count). The first-order valence-electron chi connectivity index (χ1n) is 6.70. The number of hydrogen-bond donors (Lipinski definition) is 0. The Labute approximate surface area is 104 Å². The molecule has 0 bridgehead atoms. The van der Waals surface area contributed by atoms with Crippen LogP contribution >= 0.6 is 0 Å². The molecule has 0 aliphatic heterocycles. The summed E-state index contributed by atoms with van der Waals surface area (Å²) in [5.41, 5.74) is 3.05. The quantitative estimate of drug-likeness (QED) is 0.681. The van der Waals surface area contributed by atoms with Crippen molar-refractivity contribution in [1.82, 2.24) is 0 Å². The van der Waals surface area contributed by atoms with E-state index in [-0.39, 0.29) is 0 Å². The van der Waals surface area contributed by atoms with Crippen LogP contribution in [0.5, 0.6) is 0 Å². The van der Waals surface area contributed by atoms with Gasteiger partial charge in [0.2, 0.25) is 0 Å². The fourth-order valence-corrected chi connectivity index (χ4v) is 3.25. The highest BCUT2D eigenvalue weighted by Gasteiger charge is 2.20. The minimum absolute atomic E-state index is 0.788. The molecule has 0 heterocycles. The van der Waals surface area contributed by atoms with Crippen molar-refractivity contribution in [2.75, 3.05) is 0 Å². The first-order valence-corrected chi connectivity index (χ1v) is 6.70. The molecule has 87 valence electrons. The van der Waals surface area contributed by atoms with E-state index in [0.717, 1.165) is 12.3 Å². The lowest BCUT2D eigenvalue weighted by Crippen LogP contribution is -1.99. The average molecular weight is 223 g/mol. The predicted molar refractivity (Wildman–Crippen MR) is 74.2 cm³/mol. The van der Waals surface area contributed by atoms with E-state index in [9.17, 15) is 0 Å². The second kappa shape index (κ2) is 4.52. The molecule has 0 N–H and O–H groups in total. The molecule has 0 heteroatoms. The van der Waals surface area contributed by atoms with E-state index < -0.39 is 0 Å². The van der Waals surface area contributed by atoms with Gasteiger partial charge in [-0.3, -0.25) is 0 Å². The van der Waals surface area contributed by atoms with E-state index >= 15 is 0 Å². The highest BCUT2D eigenvalue weighted by atomic mass is 14.2. The number of rotatable bonds is 2. The Morgan fingerprint density at radius 2 is 1.76 bits per heavy atom. The van der Waals surface area contributed by atoms with E-state index in [0.29, 0.717) is 0 Å². The minimum atomic E-state index is 0.788. The van der Waals surface area contributed by atoms with Crippen molar-refractivity contribution in [3.05, 3.63) is 54.4 Å². The summed E-state index contributed by atoms with van der Waals surface area (Å²) in [5.74, 6) is 0.788. The second-order valence-corrected chi connectivity index (χ2v) is 5.09. The summed E-state index contributed by atoms with van der Waals surface area (Å²) in [6.07, 6.45) is 6.44. The van der Waals surface area contributed by atoms with Crippen LogP contribution in [0.1, 0.15) is 42.7 Å². The molecule has 2 aromatic carbocycles. The van der Waals surface area contributed by atoms with Crippen molar-refractivity contribution in [3.63, 3.8) is 0 Å². The van der Waals surface area contributed by atoms with Crippen molar-refractivity contribution < 1.29 is 0 Å². The molecule has 1 saturated carbocycles. The van der Waals surface area contributed by atoms with Crippen molar-refractivity contribution in [2.24, 2.45) is 0 Å². The van der Waals surface area contributed by atoms with Gasteiger partial charge in [0.1, 0.15) is 0 Å². The normalized spacial score (nSPS) is 16.8. The number of fused-ring (bicyclic) bond motifs is 1. The summed E-state index contributed by atoms with van der Waals surface area (Å²) in [6.45, 7) is 4.14. The van der Waals surface area contributed by atoms with Crippen molar-refractivity contribution in [3.8, 4) is 0 Å². The smallest absolute Gasteiger partial charge is 0.0149 e. The van der Waals surface area contributed by atoms with Crippen molar-refractivity contribution in [1.29, 1.82) is 0 Å². The van der Waals surface area contributed by atoms with Gasteiger partial charge in [-0.05, 0) is 54.0 Å². The summed E-state index contributed by atoms with van der Waals surface area (Å²) >= 11 is 0. The minimum Gasteiger partial charge on any atom is -0.0616 e. The van der Waals surface area contributed by atoms with Gasteiger partial charge in [0.25, 0.3) is 0 Å². The summed E-state index contributed by atoms with van der Waals surface area (Å²) in [7, 11) is 0. The molecule has 1 aliphatic rings. The van der Waals surface area contributed by atoms with Crippen LogP contribution in [0.4, 0.5) is 0 Å². The maximum atomic E-state index is 4.14. The van der Waals surface area contributed by atoms with Crippen LogP contribution in [0, 0.1) is 6.92 Å². The van der Waals surface area contributed by atoms with Crippen LogP contribution in [0.25, 0.3) is 10.8 Å². The monoisotopic (exact) mass is 223 g/mol. The molecule has 0 amide bonds. The third kappa shape index (κ3) is 1.86. The average Bonchev–Trinajstić information content (AvgIpc) is 2.91. The Bertz CT molecular complexity index is 519. The molecule has 0 atom stereocenters. The van der Waals surface area contributed by atoms with Gasteiger partial charge in [0, 0.05) is 0 Å². The Morgan fingerprint density at radius 3 is 2.53 bits per heavy atom. The Kier molecular flexibility index (Phi) is 2.88. The Balaban J connectivity index is 2.17. The SMILES string of the molecule is [CH2]Cc1c(C2CCCC2)ccc2ccccc12. The van der Waals surface area contributed by atoms with E-state index in [2.05, 4.69) is 43.3 Å². The molecule has 0 spiro atoms. The molecule has 0 unspecified atom stereocenters. The molecular weight excluding hydrogens is 204 g/mol. The van der Waals surface area contributed by atoms with Gasteiger partial charge in [-0.1, -0.05) is 49.2 Å². The Morgan fingerprint density at radius 1 is 1.00 bits per heavy atom. The molecular formula is C17H19. The zero-order valence-electron chi connectivity index (χ0n) is 10.3. The zero-order chi connectivity index (χ0) is 11.7. The molecule has 0 aromatic heterocycles. The predicted octanol–water partition coefficient (Wildman–Crippen LogP) is 4.87.